The van der Waals surface area contributed by atoms with Crippen LogP contribution in [0, 0.1) is 11.8 Å². The molecule has 1 N–H and O–H groups in total. The second-order valence-corrected chi connectivity index (χ2v) is 6.13. The van der Waals surface area contributed by atoms with Crippen LogP contribution in [0.15, 0.2) is 0 Å². The molecule has 1 saturated heterocycles. The minimum Gasteiger partial charge on any atom is -0.311 e. The maximum atomic E-state index is 3.73. The third-order valence-corrected chi connectivity index (χ3v) is 4.66. The molecule has 2 nitrogen and oxygen atoms in total. The van der Waals surface area contributed by atoms with E-state index in [2.05, 4.69) is 24.1 Å². The molecule has 0 spiro atoms. The van der Waals surface area contributed by atoms with Gasteiger partial charge in [0.1, 0.15) is 0 Å². The van der Waals surface area contributed by atoms with Crippen LogP contribution in [0.4, 0.5) is 0 Å². The van der Waals surface area contributed by atoms with Gasteiger partial charge in [-0.05, 0) is 44.4 Å². The molecule has 86 valence electrons. The zero-order valence-corrected chi connectivity index (χ0v) is 10.1. The third-order valence-electron chi connectivity index (χ3n) is 4.66. The van der Waals surface area contributed by atoms with E-state index in [1.54, 1.807) is 0 Å². The van der Waals surface area contributed by atoms with Crippen LogP contribution in [0.2, 0.25) is 0 Å². The van der Waals surface area contributed by atoms with Gasteiger partial charge in [0, 0.05) is 31.2 Å². The highest BCUT2D eigenvalue weighted by atomic mass is 15.3. The number of nitrogens with zero attached hydrogens (tertiary/aromatic N) is 1. The Morgan fingerprint density at radius 2 is 1.87 bits per heavy atom. The minimum atomic E-state index is 0.762. The molecule has 0 bridgehead atoms. The van der Waals surface area contributed by atoms with Crippen LogP contribution in [0.25, 0.3) is 0 Å². The summed E-state index contributed by atoms with van der Waals surface area (Å²) >= 11 is 0. The fourth-order valence-electron chi connectivity index (χ4n) is 3.36. The van der Waals surface area contributed by atoms with Crippen LogP contribution >= 0.6 is 0 Å². The van der Waals surface area contributed by atoms with E-state index in [0.717, 1.165) is 30.0 Å². The first-order chi connectivity index (χ1) is 7.24. The van der Waals surface area contributed by atoms with E-state index < -0.39 is 0 Å². The number of piperazine rings is 1. The predicted octanol–water partition coefficient (Wildman–Crippen LogP) is 1.86. The van der Waals surface area contributed by atoms with E-state index in [1.165, 1.54) is 38.8 Å². The topological polar surface area (TPSA) is 15.3 Å². The van der Waals surface area contributed by atoms with Crippen LogP contribution < -0.4 is 5.32 Å². The largest absolute Gasteiger partial charge is 0.311 e. The smallest absolute Gasteiger partial charge is 0.0224 e. The summed E-state index contributed by atoms with van der Waals surface area (Å²) in [6, 6.07) is 2.49. The Labute approximate surface area is 93.4 Å². The van der Waals surface area contributed by atoms with E-state index in [9.17, 15) is 0 Å². The van der Waals surface area contributed by atoms with E-state index in [-0.39, 0.29) is 0 Å². The van der Waals surface area contributed by atoms with Gasteiger partial charge in [-0.15, -0.1) is 0 Å². The molecule has 1 aliphatic heterocycles. The monoisotopic (exact) mass is 208 g/mol. The molecule has 2 saturated carbocycles. The van der Waals surface area contributed by atoms with Gasteiger partial charge in [0.2, 0.25) is 0 Å². The summed E-state index contributed by atoms with van der Waals surface area (Å²) in [5.41, 5.74) is 0. The average molecular weight is 208 g/mol. The highest BCUT2D eigenvalue weighted by Gasteiger charge is 2.40. The maximum absolute atomic E-state index is 3.73. The molecule has 0 radical (unpaired) electrons. The highest BCUT2D eigenvalue weighted by Crippen LogP contribution is 2.37. The lowest BCUT2D eigenvalue weighted by Gasteiger charge is -2.49. The van der Waals surface area contributed by atoms with E-state index in [4.69, 9.17) is 0 Å². The Kier molecular flexibility index (Phi) is 2.52. The number of rotatable bonds is 2. The molecule has 3 aliphatic rings. The zero-order valence-electron chi connectivity index (χ0n) is 10.1. The lowest BCUT2D eigenvalue weighted by atomic mass is 9.79. The van der Waals surface area contributed by atoms with Gasteiger partial charge in [-0.1, -0.05) is 6.92 Å². The van der Waals surface area contributed by atoms with Crippen molar-refractivity contribution in [1.29, 1.82) is 0 Å². The van der Waals surface area contributed by atoms with Crippen molar-refractivity contribution in [2.24, 2.45) is 11.8 Å². The molecule has 2 unspecified atom stereocenters. The summed E-state index contributed by atoms with van der Waals surface area (Å²) in [6.07, 6.45) is 5.84. The Balaban J connectivity index is 1.59. The van der Waals surface area contributed by atoms with Crippen LogP contribution in [-0.4, -0.2) is 36.1 Å². The average Bonchev–Trinajstić information content (AvgIpc) is 2.98. The van der Waals surface area contributed by atoms with Gasteiger partial charge >= 0.3 is 0 Å². The van der Waals surface area contributed by atoms with Gasteiger partial charge in [0.25, 0.3) is 0 Å². The first-order valence-electron chi connectivity index (χ1n) is 6.73. The van der Waals surface area contributed by atoms with Gasteiger partial charge in [-0.2, -0.15) is 0 Å². The first kappa shape index (κ1) is 10.1. The van der Waals surface area contributed by atoms with E-state index in [1.807, 2.05) is 0 Å². The summed E-state index contributed by atoms with van der Waals surface area (Å²) < 4.78 is 0. The van der Waals surface area contributed by atoms with Crippen LogP contribution in [-0.2, 0) is 0 Å². The fourth-order valence-corrected chi connectivity index (χ4v) is 3.36. The van der Waals surface area contributed by atoms with Crippen LogP contribution in [0.1, 0.15) is 39.5 Å². The third kappa shape index (κ3) is 1.94. The SMILES string of the molecule is CC1CC(N2CC(C3CC3)NCC2C)C1. The van der Waals surface area contributed by atoms with Crippen molar-refractivity contribution in [2.45, 2.75) is 57.7 Å². The molecule has 15 heavy (non-hydrogen) atoms. The summed E-state index contributed by atoms with van der Waals surface area (Å²) in [5, 5.41) is 3.73. The molecule has 2 heteroatoms. The quantitative estimate of drug-likeness (QED) is 0.745. The van der Waals surface area contributed by atoms with Gasteiger partial charge in [0.05, 0.1) is 0 Å². The van der Waals surface area contributed by atoms with E-state index in [0.29, 0.717) is 0 Å². The molecule has 3 fully saturated rings. The molecule has 0 amide bonds. The van der Waals surface area contributed by atoms with Gasteiger partial charge in [0.15, 0.2) is 0 Å². The molecule has 2 atom stereocenters. The van der Waals surface area contributed by atoms with Gasteiger partial charge in [-0.3, -0.25) is 4.90 Å². The van der Waals surface area contributed by atoms with Crippen molar-refractivity contribution in [3.63, 3.8) is 0 Å². The standard InChI is InChI=1S/C13H24N2/c1-9-5-12(6-9)15-8-13(11-3-4-11)14-7-10(15)2/h9-14H,3-8H2,1-2H3. The molecular weight excluding hydrogens is 184 g/mol. The highest BCUT2D eigenvalue weighted by molar-refractivity contribution is 4.97. The maximum Gasteiger partial charge on any atom is 0.0224 e. The second kappa shape index (κ2) is 3.74. The summed E-state index contributed by atoms with van der Waals surface area (Å²) in [7, 11) is 0. The van der Waals surface area contributed by atoms with Gasteiger partial charge in [-0.25, -0.2) is 0 Å². The zero-order chi connectivity index (χ0) is 10.4. The summed E-state index contributed by atoms with van der Waals surface area (Å²) in [4.78, 5) is 2.79. The van der Waals surface area contributed by atoms with Crippen LogP contribution in [0.3, 0.4) is 0 Å². The lowest BCUT2D eigenvalue weighted by Crippen LogP contribution is -2.61. The molecule has 2 aliphatic carbocycles. The predicted molar refractivity (Wildman–Crippen MR) is 62.9 cm³/mol. The summed E-state index contributed by atoms with van der Waals surface area (Å²) in [6.45, 7) is 7.32. The number of hydrogen-bond donors (Lipinski definition) is 1. The van der Waals surface area contributed by atoms with Crippen molar-refractivity contribution in [1.82, 2.24) is 10.2 Å². The van der Waals surface area contributed by atoms with Crippen molar-refractivity contribution < 1.29 is 0 Å². The molecule has 3 rings (SSSR count). The van der Waals surface area contributed by atoms with Gasteiger partial charge < -0.3 is 5.32 Å². The molecule has 0 aromatic heterocycles. The minimum absolute atomic E-state index is 0.762. The molecule has 1 heterocycles. The Morgan fingerprint density at radius 1 is 1.13 bits per heavy atom. The number of hydrogen-bond acceptors (Lipinski definition) is 2. The molecular formula is C13H24N2. The van der Waals surface area contributed by atoms with E-state index >= 15 is 0 Å². The van der Waals surface area contributed by atoms with Crippen molar-refractivity contribution in [3.8, 4) is 0 Å². The normalized spacial score (nSPS) is 47.6. The lowest BCUT2D eigenvalue weighted by molar-refractivity contribution is 0.0216. The number of nitrogens with one attached hydrogen (secondary N) is 1. The van der Waals surface area contributed by atoms with Crippen molar-refractivity contribution in [3.05, 3.63) is 0 Å². The first-order valence-corrected chi connectivity index (χ1v) is 6.73. The van der Waals surface area contributed by atoms with Crippen molar-refractivity contribution >= 4 is 0 Å². The van der Waals surface area contributed by atoms with Crippen molar-refractivity contribution in [2.75, 3.05) is 13.1 Å². The second-order valence-electron chi connectivity index (χ2n) is 6.13. The Hall–Kier alpha value is -0.0800. The Bertz CT molecular complexity index is 231. The fraction of sp³-hybridized carbons (Fsp3) is 1.00. The molecule has 0 aromatic rings. The molecule has 0 aromatic carbocycles. The van der Waals surface area contributed by atoms with Crippen LogP contribution in [0.5, 0.6) is 0 Å². The Morgan fingerprint density at radius 3 is 2.47 bits per heavy atom. The summed E-state index contributed by atoms with van der Waals surface area (Å²) in [5.74, 6) is 1.99.